The topological polar surface area (TPSA) is 61.4 Å². The van der Waals surface area contributed by atoms with Crippen LogP contribution < -0.4 is 10.6 Å². The molecule has 1 aliphatic heterocycles. The molecule has 5 heteroatoms. The number of hydrogen-bond donors (Lipinski definition) is 2. The molecule has 1 saturated heterocycles. The summed E-state index contributed by atoms with van der Waals surface area (Å²) in [5.74, 6) is 0.0169. The van der Waals surface area contributed by atoms with Crippen molar-refractivity contribution in [2.24, 2.45) is 5.41 Å². The number of amides is 2. The highest BCUT2D eigenvalue weighted by atomic mass is 16.2. The van der Waals surface area contributed by atoms with E-state index < -0.39 is 0 Å². The second-order valence-corrected chi connectivity index (χ2v) is 4.95. The molecule has 104 valence electrons. The van der Waals surface area contributed by atoms with E-state index in [0.29, 0.717) is 6.54 Å². The second kappa shape index (κ2) is 6.73. The lowest BCUT2D eigenvalue weighted by atomic mass is 9.81. The van der Waals surface area contributed by atoms with Crippen molar-refractivity contribution < 1.29 is 9.59 Å². The number of likely N-dealkylation sites (N-methyl/N-ethyl adjacent to an activating group) is 2. The first-order valence-corrected chi connectivity index (χ1v) is 6.80. The molecule has 1 aliphatic rings. The number of nitrogens with zero attached hydrogens (tertiary/aromatic N) is 1. The van der Waals surface area contributed by atoms with E-state index in [-0.39, 0.29) is 23.8 Å². The van der Waals surface area contributed by atoms with E-state index in [2.05, 4.69) is 17.6 Å². The van der Waals surface area contributed by atoms with E-state index in [9.17, 15) is 9.59 Å². The Labute approximate surface area is 109 Å². The first-order chi connectivity index (χ1) is 8.59. The predicted octanol–water partition coefficient (Wildman–Crippen LogP) is 0.361. The minimum atomic E-state index is -0.293. The van der Waals surface area contributed by atoms with Gasteiger partial charge in [0.25, 0.3) is 0 Å². The summed E-state index contributed by atoms with van der Waals surface area (Å²) in [6, 6.07) is 0. The zero-order valence-electron chi connectivity index (χ0n) is 11.7. The molecule has 5 nitrogen and oxygen atoms in total. The molecule has 1 heterocycles. The molecule has 0 aliphatic carbocycles. The average molecular weight is 255 g/mol. The van der Waals surface area contributed by atoms with Crippen LogP contribution in [0.4, 0.5) is 0 Å². The van der Waals surface area contributed by atoms with Gasteiger partial charge in [0.15, 0.2) is 0 Å². The first kappa shape index (κ1) is 15.0. The summed E-state index contributed by atoms with van der Waals surface area (Å²) in [5.41, 5.74) is -0.293. The van der Waals surface area contributed by atoms with Gasteiger partial charge in [0.1, 0.15) is 0 Å². The van der Waals surface area contributed by atoms with Gasteiger partial charge in [-0.3, -0.25) is 9.59 Å². The van der Waals surface area contributed by atoms with Crippen molar-refractivity contribution >= 4 is 11.8 Å². The molecule has 18 heavy (non-hydrogen) atoms. The lowest BCUT2D eigenvalue weighted by Gasteiger charge is -2.32. The zero-order valence-corrected chi connectivity index (χ0v) is 11.7. The third-order valence-electron chi connectivity index (χ3n) is 3.71. The van der Waals surface area contributed by atoms with Gasteiger partial charge in [-0.25, -0.2) is 0 Å². The number of rotatable bonds is 6. The number of nitrogens with one attached hydrogen (secondary N) is 2. The Bertz CT molecular complexity index is 299. The quantitative estimate of drug-likeness (QED) is 0.720. The molecule has 0 spiro atoms. The molecule has 2 N–H and O–H groups in total. The summed E-state index contributed by atoms with van der Waals surface area (Å²) in [7, 11) is 1.60. The highest BCUT2D eigenvalue weighted by Crippen LogP contribution is 2.33. The summed E-state index contributed by atoms with van der Waals surface area (Å²) in [6.07, 6.45) is 2.76. The fraction of sp³-hybridized carbons (Fsp3) is 0.846. The fourth-order valence-corrected chi connectivity index (χ4v) is 2.64. The average Bonchev–Trinajstić information content (AvgIpc) is 2.85. The van der Waals surface area contributed by atoms with Gasteiger partial charge in [0.05, 0.1) is 12.0 Å². The molecule has 0 bridgehead atoms. The Morgan fingerprint density at radius 1 is 1.39 bits per heavy atom. The molecule has 1 rings (SSSR count). The summed E-state index contributed by atoms with van der Waals surface area (Å²) in [4.78, 5) is 25.8. The van der Waals surface area contributed by atoms with Gasteiger partial charge in [0.2, 0.25) is 11.8 Å². The van der Waals surface area contributed by atoms with E-state index in [4.69, 9.17) is 0 Å². The van der Waals surface area contributed by atoms with E-state index in [0.717, 1.165) is 32.4 Å². The number of carbonyl (C=O) groups is 2. The Hall–Kier alpha value is -1.10. The maximum atomic E-state index is 12.6. The van der Waals surface area contributed by atoms with Gasteiger partial charge in [-0.2, -0.15) is 0 Å². The third kappa shape index (κ3) is 3.22. The van der Waals surface area contributed by atoms with Gasteiger partial charge in [-0.05, 0) is 26.3 Å². The van der Waals surface area contributed by atoms with E-state index in [1.165, 1.54) is 0 Å². The van der Waals surface area contributed by atoms with E-state index in [1.807, 2.05) is 6.92 Å². The van der Waals surface area contributed by atoms with Crippen LogP contribution in [0.2, 0.25) is 0 Å². The Morgan fingerprint density at radius 2 is 2.11 bits per heavy atom. The largest absolute Gasteiger partial charge is 0.358 e. The van der Waals surface area contributed by atoms with Gasteiger partial charge in [-0.1, -0.05) is 13.3 Å². The van der Waals surface area contributed by atoms with Crippen molar-refractivity contribution in [2.45, 2.75) is 33.1 Å². The highest BCUT2D eigenvalue weighted by Gasteiger charge is 2.42. The van der Waals surface area contributed by atoms with E-state index in [1.54, 1.807) is 11.9 Å². The standard InChI is InChI=1S/C13H25N3O2/c1-4-6-13(7-8-15-10-13)12(18)16(5-2)9-11(17)14-3/h15H,4-10H2,1-3H3,(H,14,17). The maximum Gasteiger partial charge on any atom is 0.239 e. The van der Waals surface area contributed by atoms with Gasteiger partial charge in [0, 0.05) is 20.1 Å². The Balaban J connectivity index is 2.76. The number of hydrogen-bond acceptors (Lipinski definition) is 3. The SMILES string of the molecule is CCCC1(C(=O)N(CC)CC(=O)NC)CCNC1. The molecule has 0 saturated carbocycles. The van der Waals surface area contributed by atoms with Crippen molar-refractivity contribution in [2.75, 3.05) is 33.2 Å². The van der Waals surface area contributed by atoms with Crippen LogP contribution in [-0.2, 0) is 9.59 Å². The predicted molar refractivity (Wildman–Crippen MR) is 71.1 cm³/mol. The highest BCUT2D eigenvalue weighted by molar-refractivity contribution is 5.88. The Kier molecular flexibility index (Phi) is 5.59. The molecule has 1 atom stereocenters. The minimum absolute atomic E-state index is 0.109. The number of carbonyl (C=O) groups excluding carboxylic acids is 2. The van der Waals surface area contributed by atoms with Crippen LogP contribution in [0.3, 0.4) is 0 Å². The van der Waals surface area contributed by atoms with Crippen molar-refractivity contribution in [3.8, 4) is 0 Å². The monoisotopic (exact) mass is 255 g/mol. The van der Waals surface area contributed by atoms with Gasteiger partial charge in [-0.15, -0.1) is 0 Å². The molecule has 0 aromatic heterocycles. The van der Waals surface area contributed by atoms with Crippen molar-refractivity contribution in [1.82, 2.24) is 15.5 Å². The smallest absolute Gasteiger partial charge is 0.239 e. The van der Waals surface area contributed by atoms with E-state index >= 15 is 0 Å². The van der Waals surface area contributed by atoms with Crippen LogP contribution in [-0.4, -0.2) is 49.9 Å². The molecule has 0 aromatic carbocycles. The minimum Gasteiger partial charge on any atom is -0.358 e. The molecule has 0 radical (unpaired) electrons. The van der Waals surface area contributed by atoms with Crippen molar-refractivity contribution in [3.63, 3.8) is 0 Å². The van der Waals surface area contributed by atoms with Gasteiger partial charge < -0.3 is 15.5 Å². The van der Waals surface area contributed by atoms with Crippen LogP contribution >= 0.6 is 0 Å². The second-order valence-electron chi connectivity index (χ2n) is 4.95. The lowest BCUT2D eigenvalue weighted by molar-refractivity contribution is -0.144. The van der Waals surface area contributed by atoms with Crippen LogP contribution in [0.5, 0.6) is 0 Å². The third-order valence-corrected chi connectivity index (χ3v) is 3.71. The molecule has 0 aromatic rings. The molecular formula is C13H25N3O2. The molecule has 1 unspecified atom stereocenters. The Morgan fingerprint density at radius 3 is 2.56 bits per heavy atom. The molecular weight excluding hydrogens is 230 g/mol. The van der Waals surface area contributed by atoms with Crippen molar-refractivity contribution in [3.05, 3.63) is 0 Å². The first-order valence-electron chi connectivity index (χ1n) is 6.80. The molecule has 2 amide bonds. The summed E-state index contributed by atoms with van der Waals surface area (Å²) >= 11 is 0. The van der Waals surface area contributed by atoms with Crippen LogP contribution in [0, 0.1) is 5.41 Å². The van der Waals surface area contributed by atoms with Crippen LogP contribution in [0.15, 0.2) is 0 Å². The summed E-state index contributed by atoms with van der Waals surface area (Å²) in [6.45, 7) is 6.40. The van der Waals surface area contributed by atoms with Crippen molar-refractivity contribution in [1.29, 1.82) is 0 Å². The van der Waals surface area contributed by atoms with Gasteiger partial charge >= 0.3 is 0 Å². The van der Waals surface area contributed by atoms with Crippen LogP contribution in [0.1, 0.15) is 33.1 Å². The maximum absolute atomic E-state index is 12.6. The summed E-state index contributed by atoms with van der Waals surface area (Å²) < 4.78 is 0. The lowest BCUT2D eigenvalue weighted by Crippen LogP contribution is -2.48. The van der Waals surface area contributed by atoms with Crippen LogP contribution in [0.25, 0.3) is 0 Å². The molecule has 1 fully saturated rings. The fourth-order valence-electron chi connectivity index (χ4n) is 2.64. The zero-order chi connectivity index (χ0) is 13.6. The normalized spacial score (nSPS) is 22.8. The summed E-state index contributed by atoms with van der Waals surface area (Å²) in [5, 5.41) is 5.85.